The highest BCUT2D eigenvalue weighted by molar-refractivity contribution is 7.59. The van der Waals surface area contributed by atoms with Crippen molar-refractivity contribution in [1.29, 1.82) is 0 Å². The Balaban J connectivity index is 0. The SMILES string of the molecule is N.S.S.S. The quantitative estimate of drug-likeness (QED) is 0.495. The molecular formula is H9NS3. The minimum atomic E-state index is 0. The van der Waals surface area contributed by atoms with Gasteiger partial charge in [-0.25, -0.2) is 0 Å². The third kappa shape index (κ3) is 11.9. The third-order valence-corrected chi connectivity index (χ3v) is 0. The molecule has 0 aromatic rings. The first-order chi connectivity index (χ1) is 0. The first-order valence-corrected chi connectivity index (χ1v) is 0. The molecule has 1 nitrogen and oxygen atoms in total. The zero-order valence-corrected chi connectivity index (χ0v) is 5.21. The molecule has 0 unspecified atom stereocenters. The maximum Gasteiger partial charge on any atom is -0.197 e. The van der Waals surface area contributed by atoms with Gasteiger partial charge in [-0.05, 0) is 0 Å². The zero-order valence-electron chi connectivity index (χ0n) is 2.21. The molecule has 0 rings (SSSR count). The van der Waals surface area contributed by atoms with Gasteiger partial charge in [-0.15, -0.1) is 0 Å². The zero-order chi connectivity index (χ0) is 0. The summed E-state index contributed by atoms with van der Waals surface area (Å²) in [6, 6.07) is 0. The standard InChI is InChI=1S/H3N.3H2S/h1H3;3*1H2. The molecule has 0 heterocycles. The molecular weight excluding hydrogens is 110 g/mol. The van der Waals surface area contributed by atoms with Crippen LogP contribution < -0.4 is 6.15 Å². The second-order valence-corrected chi connectivity index (χ2v) is 0. The lowest BCUT2D eigenvalue weighted by molar-refractivity contribution is 2.13. The fraction of sp³-hybridized carbons (Fsp3) is 0. The van der Waals surface area contributed by atoms with Crippen molar-refractivity contribution in [2.24, 2.45) is 0 Å². The van der Waals surface area contributed by atoms with E-state index in [1.165, 1.54) is 0 Å². The Labute approximate surface area is 47.1 Å². The molecule has 0 aliphatic heterocycles. The molecule has 0 aliphatic carbocycles. The summed E-state index contributed by atoms with van der Waals surface area (Å²) in [6.45, 7) is 0. The van der Waals surface area contributed by atoms with Crippen LogP contribution in [0.25, 0.3) is 0 Å². The summed E-state index contributed by atoms with van der Waals surface area (Å²) in [5, 5.41) is 0. The molecule has 0 saturated carbocycles. The minimum Gasteiger partial charge on any atom is -0.344 e. The summed E-state index contributed by atoms with van der Waals surface area (Å²) in [4.78, 5) is 0. The van der Waals surface area contributed by atoms with Crippen LogP contribution in [-0.4, -0.2) is 0 Å². The maximum absolute atomic E-state index is 0. The monoisotopic (exact) mass is 119 g/mol. The van der Waals surface area contributed by atoms with E-state index in [1.54, 1.807) is 0 Å². The van der Waals surface area contributed by atoms with Gasteiger partial charge >= 0.3 is 0 Å². The van der Waals surface area contributed by atoms with Gasteiger partial charge < -0.3 is 6.15 Å². The third-order valence-electron chi connectivity index (χ3n) is 0. The minimum absolute atomic E-state index is 0. The largest absolute Gasteiger partial charge is 0.344 e. The van der Waals surface area contributed by atoms with E-state index in [2.05, 4.69) is 0 Å². The molecule has 0 aromatic heterocycles. The van der Waals surface area contributed by atoms with Crippen LogP contribution in [-0.2, 0) is 0 Å². The molecule has 0 amide bonds. The van der Waals surface area contributed by atoms with Gasteiger partial charge in [0.15, 0.2) is 0 Å². The first kappa shape index (κ1) is 79.0. The van der Waals surface area contributed by atoms with Gasteiger partial charge in [0.1, 0.15) is 0 Å². The summed E-state index contributed by atoms with van der Waals surface area (Å²) < 4.78 is 0. The van der Waals surface area contributed by atoms with Gasteiger partial charge in [0, 0.05) is 0 Å². The molecule has 0 aromatic carbocycles. The Morgan fingerprint density at radius 2 is 0.500 bits per heavy atom. The van der Waals surface area contributed by atoms with Crippen LogP contribution in [0.1, 0.15) is 0 Å². The molecule has 0 fully saturated rings. The molecule has 0 radical (unpaired) electrons. The molecule has 0 saturated heterocycles. The first-order valence-electron chi connectivity index (χ1n) is 0. The average molecular weight is 119 g/mol. The van der Waals surface area contributed by atoms with Crippen LogP contribution >= 0.6 is 40.5 Å². The summed E-state index contributed by atoms with van der Waals surface area (Å²) in [5.74, 6) is 0. The van der Waals surface area contributed by atoms with Crippen molar-refractivity contribution in [3.8, 4) is 0 Å². The van der Waals surface area contributed by atoms with Crippen molar-refractivity contribution in [2.75, 3.05) is 0 Å². The number of hydrogen-bond acceptors (Lipinski definition) is 1. The van der Waals surface area contributed by atoms with Crippen LogP contribution in [0.2, 0.25) is 0 Å². The van der Waals surface area contributed by atoms with E-state index in [0.29, 0.717) is 0 Å². The van der Waals surface area contributed by atoms with Crippen molar-refractivity contribution in [2.45, 2.75) is 0 Å². The molecule has 0 aliphatic rings. The fourth-order valence-corrected chi connectivity index (χ4v) is 0. The second-order valence-electron chi connectivity index (χ2n) is 0. The lowest BCUT2D eigenvalue weighted by atomic mass is 14.0. The molecule has 4 heavy (non-hydrogen) atoms. The summed E-state index contributed by atoms with van der Waals surface area (Å²) in [6.07, 6.45) is 0. The Morgan fingerprint density at radius 1 is 0.500 bits per heavy atom. The van der Waals surface area contributed by atoms with E-state index in [4.69, 9.17) is 0 Å². The van der Waals surface area contributed by atoms with Crippen molar-refractivity contribution in [1.82, 2.24) is 6.15 Å². The van der Waals surface area contributed by atoms with Crippen molar-refractivity contribution < 1.29 is 0 Å². The van der Waals surface area contributed by atoms with Gasteiger partial charge in [-0.2, -0.15) is 40.5 Å². The highest BCUT2D eigenvalue weighted by Crippen LogP contribution is 0.650. The van der Waals surface area contributed by atoms with Crippen LogP contribution in [0.3, 0.4) is 0 Å². The Hall–Kier alpha value is 1.01. The normalized spacial score (nSPS) is 0. The van der Waals surface area contributed by atoms with Gasteiger partial charge in [-0.3, -0.25) is 0 Å². The van der Waals surface area contributed by atoms with Crippen molar-refractivity contribution in [3.05, 3.63) is 0 Å². The van der Waals surface area contributed by atoms with Crippen LogP contribution in [0.4, 0.5) is 0 Å². The molecule has 3 N–H and O–H groups in total. The smallest absolute Gasteiger partial charge is 0.197 e. The van der Waals surface area contributed by atoms with E-state index >= 15 is 0 Å². The lowest BCUT2D eigenvalue weighted by Crippen LogP contribution is -0.481. The van der Waals surface area contributed by atoms with E-state index in [-0.39, 0.29) is 46.6 Å². The van der Waals surface area contributed by atoms with Crippen LogP contribution in [0.5, 0.6) is 0 Å². The highest BCUT2D eigenvalue weighted by Gasteiger charge is -0.195. The van der Waals surface area contributed by atoms with Gasteiger partial charge in [-0.1, -0.05) is 0 Å². The molecule has 0 spiro atoms. The molecule has 0 bridgehead atoms. The predicted molar refractivity (Wildman–Crippen MR) is 36.2 cm³/mol. The van der Waals surface area contributed by atoms with E-state index in [0.717, 1.165) is 0 Å². The Bertz CT molecular complexity index is 3.25. The summed E-state index contributed by atoms with van der Waals surface area (Å²) in [7, 11) is 0. The lowest BCUT2D eigenvalue weighted by Gasteiger charge is -0.344. The van der Waals surface area contributed by atoms with Gasteiger partial charge in [0.05, 0.1) is 0 Å². The van der Waals surface area contributed by atoms with Crippen LogP contribution in [0.15, 0.2) is 0 Å². The number of hydrogen-bond donors (Lipinski definition) is 1. The predicted octanol–water partition coefficient (Wildman–Crippen LogP) is 0.500. The summed E-state index contributed by atoms with van der Waals surface area (Å²) >= 11 is 0. The highest BCUT2D eigenvalue weighted by atomic mass is 32.1. The van der Waals surface area contributed by atoms with Crippen LogP contribution in [0, 0.1) is 0 Å². The molecule has 32 valence electrons. The molecule has 0 atom stereocenters. The van der Waals surface area contributed by atoms with Gasteiger partial charge in [0.25, 0.3) is 0 Å². The van der Waals surface area contributed by atoms with Gasteiger partial charge in [0.2, 0.25) is 0 Å². The van der Waals surface area contributed by atoms with E-state index < -0.39 is 0 Å². The fourth-order valence-electron chi connectivity index (χ4n) is 0. The Morgan fingerprint density at radius 3 is 0.500 bits per heavy atom. The topological polar surface area (TPSA) is 35.0 Å². The van der Waals surface area contributed by atoms with E-state index in [9.17, 15) is 0 Å². The Kier molecular flexibility index (Phi) is 703. The average Bonchev–Trinajstić information content (AvgIpc) is 0. The number of rotatable bonds is 0. The van der Waals surface area contributed by atoms with E-state index in [1.807, 2.05) is 0 Å². The maximum atomic E-state index is 0. The van der Waals surface area contributed by atoms with Crippen molar-refractivity contribution >= 4 is 40.5 Å². The summed E-state index contributed by atoms with van der Waals surface area (Å²) in [5.41, 5.74) is 0. The second kappa shape index (κ2) is 35.6. The van der Waals surface area contributed by atoms with Crippen molar-refractivity contribution in [3.63, 3.8) is 0 Å². The molecule has 4 heteroatoms.